The van der Waals surface area contributed by atoms with Gasteiger partial charge in [0.25, 0.3) is 0 Å². The summed E-state index contributed by atoms with van der Waals surface area (Å²) in [5.41, 5.74) is 0.936. The lowest BCUT2D eigenvalue weighted by Gasteiger charge is -2.38. The zero-order valence-corrected chi connectivity index (χ0v) is 13.5. The van der Waals surface area contributed by atoms with Crippen LogP contribution >= 0.6 is 0 Å². The van der Waals surface area contributed by atoms with E-state index in [1.165, 1.54) is 12.5 Å². The maximum atomic E-state index is 2.49. The number of hydrogen-bond acceptors (Lipinski definition) is 0. The lowest BCUT2D eigenvalue weighted by molar-refractivity contribution is 0.180. The first-order chi connectivity index (χ1) is 6.31. The summed E-state index contributed by atoms with van der Waals surface area (Å²) in [6.07, 6.45) is 1.36. The highest BCUT2D eigenvalue weighted by molar-refractivity contribution is 6.76. The molecule has 0 aromatic rings. The van der Waals surface area contributed by atoms with Gasteiger partial charge in [-0.25, -0.2) is 0 Å². The predicted molar refractivity (Wildman–Crippen MR) is 75.2 cm³/mol. The second kappa shape index (κ2) is 4.61. The van der Waals surface area contributed by atoms with Gasteiger partial charge in [0, 0.05) is 8.07 Å². The summed E-state index contributed by atoms with van der Waals surface area (Å²) in [7, 11) is -0.930. The maximum Gasteiger partial charge on any atom is 0.0445 e. The van der Waals surface area contributed by atoms with Gasteiger partial charge in [0.1, 0.15) is 0 Å². The number of rotatable bonds is 3. The van der Waals surface area contributed by atoms with Crippen LogP contribution in [0.15, 0.2) is 0 Å². The van der Waals surface area contributed by atoms with Gasteiger partial charge in [0.15, 0.2) is 0 Å². The van der Waals surface area contributed by atoms with Gasteiger partial charge in [-0.3, -0.25) is 0 Å². The van der Waals surface area contributed by atoms with E-state index in [0.29, 0.717) is 10.8 Å². The second-order valence-electron chi connectivity index (χ2n) is 8.59. The molecular formula is C14H32Si. The average Bonchev–Trinajstić information content (AvgIpc) is 1.75. The normalized spacial score (nSPS) is 16.6. The van der Waals surface area contributed by atoms with Gasteiger partial charge < -0.3 is 0 Å². The zero-order valence-electron chi connectivity index (χ0n) is 12.5. The molecule has 0 fully saturated rings. The molecule has 0 aliphatic rings. The molecule has 1 heteroatoms. The lowest BCUT2D eigenvalue weighted by Crippen LogP contribution is -2.33. The SMILES string of the molecule is CC(C)(C)CC(C[Si](C)(C)C)C(C)(C)C. The van der Waals surface area contributed by atoms with Crippen molar-refractivity contribution in [1.82, 2.24) is 0 Å². The van der Waals surface area contributed by atoms with Crippen LogP contribution in [-0.2, 0) is 0 Å². The molecule has 0 aliphatic carbocycles. The summed E-state index contributed by atoms with van der Waals surface area (Å²) in [6, 6.07) is 1.47. The van der Waals surface area contributed by atoms with Gasteiger partial charge in [0.05, 0.1) is 0 Å². The Morgan fingerprint density at radius 2 is 1.27 bits per heavy atom. The van der Waals surface area contributed by atoms with E-state index in [2.05, 4.69) is 61.2 Å². The van der Waals surface area contributed by atoms with E-state index in [0.717, 1.165) is 5.92 Å². The third kappa shape index (κ3) is 8.07. The Morgan fingerprint density at radius 3 is 1.47 bits per heavy atom. The van der Waals surface area contributed by atoms with Crippen molar-refractivity contribution in [2.24, 2.45) is 16.7 Å². The first-order valence-electron chi connectivity index (χ1n) is 6.31. The maximum absolute atomic E-state index is 2.49. The standard InChI is InChI=1S/C14H32Si/c1-13(2,3)10-12(14(4,5)6)11-15(7,8)9/h12H,10-11H2,1-9H3. The Hall–Kier alpha value is 0.217. The molecular weight excluding hydrogens is 196 g/mol. The smallest absolute Gasteiger partial charge is 0.0445 e. The Balaban J connectivity index is 4.62. The van der Waals surface area contributed by atoms with Crippen LogP contribution in [0.25, 0.3) is 0 Å². The van der Waals surface area contributed by atoms with Crippen LogP contribution in [0.3, 0.4) is 0 Å². The first kappa shape index (κ1) is 15.2. The summed E-state index contributed by atoms with van der Waals surface area (Å²) >= 11 is 0. The van der Waals surface area contributed by atoms with Crippen LogP contribution in [0.1, 0.15) is 48.0 Å². The summed E-state index contributed by atoms with van der Waals surface area (Å²) in [6.45, 7) is 21.8. The fourth-order valence-corrected chi connectivity index (χ4v) is 4.40. The van der Waals surface area contributed by atoms with E-state index < -0.39 is 8.07 Å². The molecule has 92 valence electrons. The van der Waals surface area contributed by atoms with Crippen molar-refractivity contribution >= 4 is 8.07 Å². The van der Waals surface area contributed by atoms with Crippen molar-refractivity contribution < 1.29 is 0 Å². The van der Waals surface area contributed by atoms with E-state index in [1.807, 2.05) is 0 Å². The van der Waals surface area contributed by atoms with Crippen LogP contribution in [0.2, 0.25) is 25.7 Å². The summed E-state index contributed by atoms with van der Waals surface area (Å²) < 4.78 is 0. The van der Waals surface area contributed by atoms with Crippen molar-refractivity contribution in [3.8, 4) is 0 Å². The minimum Gasteiger partial charge on any atom is -0.0695 e. The molecule has 1 unspecified atom stereocenters. The molecule has 0 aromatic carbocycles. The lowest BCUT2D eigenvalue weighted by atomic mass is 9.73. The molecule has 0 saturated heterocycles. The fourth-order valence-electron chi connectivity index (χ4n) is 2.16. The quantitative estimate of drug-likeness (QED) is 0.566. The molecule has 0 saturated carbocycles. The molecule has 1 atom stereocenters. The molecule has 0 heterocycles. The molecule has 0 amide bonds. The third-order valence-corrected chi connectivity index (χ3v) is 4.66. The highest BCUT2D eigenvalue weighted by Gasteiger charge is 2.32. The molecule has 0 radical (unpaired) electrons. The summed E-state index contributed by atoms with van der Waals surface area (Å²) in [4.78, 5) is 0. The molecule has 0 nitrogen and oxygen atoms in total. The van der Waals surface area contributed by atoms with Crippen LogP contribution in [0, 0.1) is 16.7 Å². The van der Waals surface area contributed by atoms with E-state index in [-0.39, 0.29) is 0 Å². The van der Waals surface area contributed by atoms with E-state index in [9.17, 15) is 0 Å². The average molecular weight is 228 g/mol. The monoisotopic (exact) mass is 228 g/mol. The number of hydrogen-bond donors (Lipinski definition) is 0. The largest absolute Gasteiger partial charge is 0.0695 e. The van der Waals surface area contributed by atoms with Crippen LogP contribution in [0.4, 0.5) is 0 Å². The highest BCUT2D eigenvalue weighted by atomic mass is 28.3. The molecule has 0 aliphatic heterocycles. The Bertz CT molecular complexity index is 169. The minimum absolute atomic E-state index is 0.466. The Morgan fingerprint density at radius 1 is 0.867 bits per heavy atom. The molecule has 0 rings (SSSR count). The van der Waals surface area contributed by atoms with E-state index in [4.69, 9.17) is 0 Å². The molecule has 0 bridgehead atoms. The van der Waals surface area contributed by atoms with Crippen LogP contribution in [0.5, 0.6) is 0 Å². The van der Waals surface area contributed by atoms with Gasteiger partial charge in [0.2, 0.25) is 0 Å². The Kier molecular flexibility index (Phi) is 4.67. The minimum atomic E-state index is -0.930. The predicted octanol–water partition coefficient (Wildman–Crippen LogP) is 5.42. The van der Waals surface area contributed by atoms with Crippen molar-refractivity contribution in [3.63, 3.8) is 0 Å². The topological polar surface area (TPSA) is 0 Å². The van der Waals surface area contributed by atoms with E-state index >= 15 is 0 Å². The van der Waals surface area contributed by atoms with Gasteiger partial charge in [-0.1, -0.05) is 67.2 Å². The molecule has 0 spiro atoms. The second-order valence-corrected chi connectivity index (χ2v) is 14.1. The van der Waals surface area contributed by atoms with Crippen molar-refractivity contribution in [2.45, 2.75) is 73.6 Å². The van der Waals surface area contributed by atoms with Gasteiger partial charge in [-0.15, -0.1) is 0 Å². The Labute approximate surface area is 98.9 Å². The van der Waals surface area contributed by atoms with Crippen molar-refractivity contribution in [1.29, 1.82) is 0 Å². The summed E-state index contributed by atoms with van der Waals surface area (Å²) in [5, 5.41) is 0. The third-order valence-electron chi connectivity index (χ3n) is 2.94. The van der Waals surface area contributed by atoms with E-state index in [1.54, 1.807) is 0 Å². The molecule has 0 aromatic heterocycles. The summed E-state index contributed by atoms with van der Waals surface area (Å²) in [5.74, 6) is 0.879. The zero-order chi connectivity index (χ0) is 12.5. The first-order valence-corrected chi connectivity index (χ1v) is 10.0. The fraction of sp³-hybridized carbons (Fsp3) is 1.00. The van der Waals surface area contributed by atoms with Gasteiger partial charge in [-0.2, -0.15) is 0 Å². The van der Waals surface area contributed by atoms with Gasteiger partial charge in [-0.05, 0) is 23.2 Å². The van der Waals surface area contributed by atoms with Gasteiger partial charge >= 0.3 is 0 Å². The van der Waals surface area contributed by atoms with Crippen molar-refractivity contribution in [3.05, 3.63) is 0 Å². The highest BCUT2D eigenvalue weighted by Crippen LogP contribution is 2.40. The molecule has 0 N–H and O–H groups in total. The van der Waals surface area contributed by atoms with Crippen molar-refractivity contribution in [2.75, 3.05) is 0 Å². The molecule has 15 heavy (non-hydrogen) atoms. The van der Waals surface area contributed by atoms with Crippen LogP contribution < -0.4 is 0 Å². The van der Waals surface area contributed by atoms with Crippen LogP contribution in [-0.4, -0.2) is 8.07 Å².